The molecule has 0 bridgehead atoms. The van der Waals surface area contributed by atoms with Crippen LogP contribution < -0.4 is 5.32 Å². The third-order valence-electron chi connectivity index (χ3n) is 2.55. The van der Waals surface area contributed by atoms with Gasteiger partial charge >= 0.3 is 0 Å². The van der Waals surface area contributed by atoms with Gasteiger partial charge in [-0.25, -0.2) is 0 Å². The maximum atomic E-state index is 11.9. The van der Waals surface area contributed by atoms with Gasteiger partial charge in [0.2, 0.25) is 0 Å². The van der Waals surface area contributed by atoms with E-state index >= 15 is 0 Å². The first kappa shape index (κ1) is 10.5. The van der Waals surface area contributed by atoms with E-state index in [9.17, 15) is 4.79 Å². The van der Waals surface area contributed by atoms with Crippen molar-refractivity contribution >= 4 is 21.8 Å². The number of aryl methyl sites for hydroxylation is 1. The van der Waals surface area contributed by atoms with Gasteiger partial charge in [-0.05, 0) is 34.8 Å². The summed E-state index contributed by atoms with van der Waals surface area (Å²) < 4.78 is 2.75. The molecule has 1 N–H and O–H groups in total. The number of halogens is 1. The second kappa shape index (κ2) is 4.23. The third-order valence-corrected chi connectivity index (χ3v) is 2.98. The Morgan fingerprint density at radius 1 is 1.53 bits per heavy atom. The number of nitrogens with one attached hydrogen (secondary N) is 1. The fourth-order valence-electron chi connectivity index (χ4n) is 1.74. The number of rotatable bonds is 2. The van der Waals surface area contributed by atoms with Crippen LogP contribution in [0.5, 0.6) is 0 Å². The summed E-state index contributed by atoms with van der Waals surface area (Å²) in [5.41, 5.74) is 0.689. The Balaban J connectivity index is 2.04. The highest BCUT2D eigenvalue weighted by Crippen LogP contribution is 2.15. The van der Waals surface area contributed by atoms with Gasteiger partial charge < -0.3 is 9.88 Å². The molecule has 1 aliphatic rings. The first-order valence-electron chi connectivity index (χ1n) is 4.94. The van der Waals surface area contributed by atoms with E-state index in [2.05, 4.69) is 33.4 Å². The zero-order valence-electron chi connectivity index (χ0n) is 8.53. The van der Waals surface area contributed by atoms with Crippen LogP contribution in [-0.2, 0) is 7.05 Å². The van der Waals surface area contributed by atoms with Crippen molar-refractivity contribution in [3.05, 3.63) is 34.6 Å². The second-order valence-corrected chi connectivity index (χ2v) is 4.68. The maximum absolute atomic E-state index is 11.9. The van der Waals surface area contributed by atoms with Gasteiger partial charge in [0.15, 0.2) is 0 Å². The predicted molar refractivity (Wildman–Crippen MR) is 62.7 cm³/mol. The molecule has 0 saturated heterocycles. The molecule has 0 aliphatic heterocycles. The lowest BCUT2D eigenvalue weighted by Crippen LogP contribution is -2.33. The summed E-state index contributed by atoms with van der Waals surface area (Å²) >= 11 is 3.35. The van der Waals surface area contributed by atoms with Crippen molar-refractivity contribution in [2.75, 3.05) is 0 Å². The predicted octanol–water partition coefficient (Wildman–Crippen LogP) is 2.24. The van der Waals surface area contributed by atoms with Gasteiger partial charge in [-0.2, -0.15) is 0 Å². The van der Waals surface area contributed by atoms with Crippen molar-refractivity contribution < 1.29 is 4.79 Å². The Labute approximate surface area is 97.3 Å². The van der Waals surface area contributed by atoms with Gasteiger partial charge in [-0.3, -0.25) is 4.79 Å². The summed E-state index contributed by atoms with van der Waals surface area (Å²) in [6, 6.07) is 2.10. The molecule has 1 amide bonds. The highest BCUT2D eigenvalue weighted by molar-refractivity contribution is 9.10. The number of carbonyl (C=O) groups is 1. The van der Waals surface area contributed by atoms with Gasteiger partial charge in [0.05, 0.1) is 0 Å². The molecular formula is C11H13BrN2O. The smallest absolute Gasteiger partial charge is 0.268 e. The van der Waals surface area contributed by atoms with E-state index in [1.54, 1.807) is 0 Å². The molecule has 1 aromatic rings. The van der Waals surface area contributed by atoms with Gasteiger partial charge in [-0.15, -0.1) is 0 Å². The van der Waals surface area contributed by atoms with Crippen molar-refractivity contribution in [3.8, 4) is 0 Å². The largest absolute Gasteiger partial charge is 0.347 e. The van der Waals surface area contributed by atoms with Crippen molar-refractivity contribution in [1.82, 2.24) is 9.88 Å². The van der Waals surface area contributed by atoms with Gasteiger partial charge in [-0.1, -0.05) is 12.2 Å². The minimum atomic E-state index is -0.00287. The molecule has 80 valence electrons. The number of amides is 1. The molecule has 1 heterocycles. The monoisotopic (exact) mass is 268 g/mol. The molecule has 0 aromatic carbocycles. The van der Waals surface area contributed by atoms with Gasteiger partial charge in [0.25, 0.3) is 5.91 Å². The fraction of sp³-hybridized carbons (Fsp3) is 0.364. The maximum Gasteiger partial charge on any atom is 0.268 e. The van der Waals surface area contributed by atoms with Crippen molar-refractivity contribution in [3.63, 3.8) is 0 Å². The lowest BCUT2D eigenvalue weighted by Gasteiger charge is -2.12. The minimum Gasteiger partial charge on any atom is -0.347 e. The molecule has 0 radical (unpaired) electrons. The van der Waals surface area contributed by atoms with Crippen LogP contribution in [0.2, 0.25) is 0 Å². The van der Waals surface area contributed by atoms with E-state index in [1.165, 1.54) is 0 Å². The SMILES string of the molecule is Cn1cc(Br)cc1C(=O)NC1CC=CC1. The Kier molecular flexibility index (Phi) is 2.95. The number of hydrogen-bond acceptors (Lipinski definition) is 1. The fourth-order valence-corrected chi connectivity index (χ4v) is 2.27. The molecule has 0 fully saturated rings. The Bertz CT molecular complexity index is 401. The first-order valence-corrected chi connectivity index (χ1v) is 5.74. The molecule has 0 atom stereocenters. The van der Waals surface area contributed by atoms with Gasteiger partial charge in [0, 0.05) is 23.8 Å². The number of carbonyl (C=O) groups excluding carboxylic acids is 1. The van der Waals surface area contributed by atoms with E-state index in [0.717, 1.165) is 17.3 Å². The summed E-state index contributed by atoms with van der Waals surface area (Å²) in [6.45, 7) is 0. The van der Waals surface area contributed by atoms with Gasteiger partial charge in [0.1, 0.15) is 5.69 Å². The molecule has 3 nitrogen and oxygen atoms in total. The van der Waals surface area contributed by atoms with Crippen LogP contribution in [0.25, 0.3) is 0 Å². The zero-order chi connectivity index (χ0) is 10.8. The molecule has 0 saturated carbocycles. The van der Waals surface area contributed by atoms with Crippen molar-refractivity contribution in [1.29, 1.82) is 0 Å². The lowest BCUT2D eigenvalue weighted by molar-refractivity contribution is 0.0931. The summed E-state index contributed by atoms with van der Waals surface area (Å²) in [7, 11) is 1.87. The third kappa shape index (κ3) is 2.31. The van der Waals surface area contributed by atoms with E-state index in [4.69, 9.17) is 0 Å². The number of aromatic nitrogens is 1. The van der Waals surface area contributed by atoms with E-state index < -0.39 is 0 Å². The summed E-state index contributed by atoms with van der Waals surface area (Å²) in [5.74, 6) is -0.00287. The van der Waals surface area contributed by atoms with E-state index in [-0.39, 0.29) is 11.9 Å². The van der Waals surface area contributed by atoms with Crippen LogP contribution in [0.4, 0.5) is 0 Å². The molecule has 4 heteroatoms. The van der Waals surface area contributed by atoms with Crippen LogP contribution in [-0.4, -0.2) is 16.5 Å². The van der Waals surface area contributed by atoms with E-state index in [1.807, 2.05) is 23.9 Å². The number of nitrogens with zero attached hydrogens (tertiary/aromatic N) is 1. The summed E-state index contributed by atoms with van der Waals surface area (Å²) in [6.07, 6.45) is 7.97. The molecule has 1 aromatic heterocycles. The molecule has 1 aliphatic carbocycles. The van der Waals surface area contributed by atoms with Crippen LogP contribution in [0, 0.1) is 0 Å². The highest BCUT2D eigenvalue weighted by atomic mass is 79.9. The average Bonchev–Trinajstić information content (AvgIpc) is 2.75. The molecule has 15 heavy (non-hydrogen) atoms. The van der Waals surface area contributed by atoms with Crippen LogP contribution in [0.1, 0.15) is 23.3 Å². The molecule has 2 rings (SSSR count). The van der Waals surface area contributed by atoms with Crippen LogP contribution in [0.3, 0.4) is 0 Å². The van der Waals surface area contributed by atoms with Crippen LogP contribution in [0.15, 0.2) is 28.9 Å². The molecule has 0 unspecified atom stereocenters. The Hall–Kier alpha value is -1.03. The standard InChI is InChI=1S/C11H13BrN2O/c1-14-7-8(12)6-10(14)11(15)13-9-4-2-3-5-9/h2-3,6-7,9H,4-5H2,1H3,(H,13,15). The molecular weight excluding hydrogens is 256 g/mol. The minimum absolute atomic E-state index is 0.00287. The Morgan fingerprint density at radius 3 is 2.73 bits per heavy atom. The Morgan fingerprint density at radius 2 is 2.20 bits per heavy atom. The average molecular weight is 269 g/mol. The van der Waals surface area contributed by atoms with Crippen molar-refractivity contribution in [2.45, 2.75) is 18.9 Å². The normalized spacial score (nSPS) is 15.9. The first-order chi connectivity index (χ1) is 7.16. The quantitative estimate of drug-likeness (QED) is 0.821. The van der Waals surface area contributed by atoms with Crippen molar-refractivity contribution in [2.24, 2.45) is 7.05 Å². The lowest BCUT2D eigenvalue weighted by atomic mass is 10.2. The van der Waals surface area contributed by atoms with Crippen LogP contribution >= 0.6 is 15.9 Å². The second-order valence-electron chi connectivity index (χ2n) is 3.77. The zero-order valence-corrected chi connectivity index (χ0v) is 10.1. The van der Waals surface area contributed by atoms with E-state index in [0.29, 0.717) is 5.69 Å². The number of hydrogen-bond donors (Lipinski definition) is 1. The summed E-state index contributed by atoms with van der Waals surface area (Å²) in [4.78, 5) is 11.9. The topological polar surface area (TPSA) is 34.0 Å². The summed E-state index contributed by atoms with van der Waals surface area (Å²) in [5, 5.41) is 3.01. The molecule has 0 spiro atoms. The highest BCUT2D eigenvalue weighted by Gasteiger charge is 2.16.